The molecule has 2 nitrogen and oxygen atoms in total. The predicted molar refractivity (Wildman–Crippen MR) is 58.5 cm³/mol. The van der Waals surface area contributed by atoms with E-state index in [2.05, 4.69) is 31.9 Å². The number of hydrogen-bond donors (Lipinski definition) is 0. The summed E-state index contributed by atoms with van der Waals surface area (Å²) in [6, 6.07) is 0. The summed E-state index contributed by atoms with van der Waals surface area (Å²) in [7, 11) is 0. The lowest BCUT2D eigenvalue weighted by molar-refractivity contribution is -0.133. The number of allylic oxidation sites excluding steroid dienone is 1. The first-order valence-electron chi connectivity index (χ1n) is 4.05. The topological polar surface area (TPSA) is 26.3 Å². The Balaban J connectivity index is 2.93. The molecule has 0 amide bonds. The molecular weight excluding hydrogens is 300 g/mol. The van der Waals surface area contributed by atoms with E-state index in [0.717, 1.165) is 12.0 Å². The van der Waals surface area contributed by atoms with Gasteiger partial charge in [-0.25, -0.2) is 4.79 Å². The lowest BCUT2D eigenvalue weighted by atomic mass is 9.99. The van der Waals surface area contributed by atoms with Gasteiger partial charge in [0.15, 0.2) is 5.76 Å². The van der Waals surface area contributed by atoms with Gasteiger partial charge in [0.2, 0.25) is 0 Å². The van der Waals surface area contributed by atoms with Crippen LogP contribution in [0, 0.1) is 5.92 Å². The van der Waals surface area contributed by atoms with Crippen LogP contribution < -0.4 is 0 Å². The molecule has 1 rings (SSSR count). The van der Waals surface area contributed by atoms with Crippen LogP contribution in [0.5, 0.6) is 0 Å². The summed E-state index contributed by atoms with van der Waals surface area (Å²) < 4.78 is 5.69. The van der Waals surface area contributed by atoms with Crippen LogP contribution >= 0.6 is 31.9 Å². The van der Waals surface area contributed by atoms with E-state index in [0.29, 0.717) is 9.15 Å². The molecule has 0 aliphatic carbocycles. The minimum atomic E-state index is -0.235. The molecule has 72 valence electrons. The summed E-state index contributed by atoms with van der Waals surface area (Å²) in [5.41, 5.74) is 0.744. The molecule has 4 heteroatoms. The minimum Gasteiger partial charge on any atom is -0.421 e. The fourth-order valence-corrected chi connectivity index (χ4v) is 1.44. The summed E-state index contributed by atoms with van der Waals surface area (Å²) in [6.45, 7) is 4.06. The van der Waals surface area contributed by atoms with Crippen molar-refractivity contribution in [2.75, 3.05) is 0 Å². The SMILES string of the molecule is CCC(C)C1=CC(=C(Br)Br)OC1=O. The average Bonchev–Trinajstić information content (AvgIpc) is 2.46. The molecule has 1 aliphatic heterocycles. The Morgan fingerprint density at radius 2 is 2.23 bits per heavy atom. The Kier molecular flexibility index (Phi) is 3.74. The van der Waals surface area contributed by atoms with Gasteiger partial charge in [0.05, 0.1) is 0 Å². The van der Waals surface area contributed by atoms with E-state index in [4.69, 9.17) is 4.74 Å². The summed E-state index contributed by atoms with van der Waals surface area (Å²) in [5.74, 6) is 0.574. The highest BCUT2D eigenvalue weighted by atomic mass is 79.9. The first kappa shape index (κ1) is 11.0. The van der Waals surface area contributed by atoms with Crippen LogP contribution in [-0.2, 0) is 9.53 Å². The van der Waals surface area contributed by atoms with E-state index in [-0.39, 0.29) is 11.9 Å². The van der Waals surface area contributed by atoms with Crippen molar-refractivity contribution in [3.63, 3.8) is 0 Å². The Morgan fingerprint density at radius 3 is 2.62 bits per heavy atom. The first-order valence-corrected chi connectivity index (χ1v) is 5.64. The number of hydrogen-bond acceptors (Lipinski definition) is 2. The third kappa shape index (κ3) is 2.44. The Labute approximate surface area is 94.3 Å². The zero-order chi connectivity index (χ0) is 10.0. The number of ether oxygens (including phenoxy) is 1. The number of carbonyl (C=O) groups is 1. The maximum absolute atomic E-state index is 11.3. The van der Waals surface area contributed by atoms with Crippen LogP contribution in [0.15, 0.2) is 20.8 Å². The molecule has 0 fully saturated rings. The van der Waals surface area contributed by atoms with Gasteiger partial charge in [0, 0.05) is 5.57 Å². The van der Waals surface area contributed by atoms with Crippen molar-refractivity contribution in [1.29, 1.82) is 0 Å². The number of halogens is 2. The van der Waals surface area contributed by atoms with Gasteiger partial charge < -0.3 is 4.74 Å². The molecule has 1 unspecified atom stereocenters. The third-order valence-corrected chi connectivity index (χ3v) is 2.84. The van der Waals surface area contributed by atoms with Crippen LogP contribution in [0.2, 0.25) is 0 Å². The molecule has 0 saturated heterocycles. The molecule has 0 aromatic rings. The van der Waals surface area contributed by atoms with Crippen LogP contribution in [0.1, 0.15) is 20.3 Å². The van der Waals surface area contributed by atoms with Crippen molar-refractivity contribution in [1.82, 2.24) is 0 Å². The van der Waals surface area contributed by atoms with Gasteiger partial charge in [-0.1, -0.05) is 13.8 Å². The fraction of sp³-hybridized carbons (Fsp3) is 0.444. The maximum atomic E-state index is 11.3. The molecule has 0 aromatic carbocycles. The van der Waals surface area contributed by atoms with Crippen LogP contribution in [-0.4, -0.2) is 5.97 Å². The summed E-state index contributed by atoms with van der Waals surface area (Å²) in [6.07, 6.45) is 2.71. The zero-order valence-corrected chi connectivity index (χ0v) is 10.6. The van der Waals surface area contributed by atoms with Crippen molar-refractivity contribution in [2.45, 2.75) is 20.3 Å². The van der Waals surface area contributed by atoms with Crippen LogP contribution in [0.4, 0.5) is 0 Å². The van der Waals surface area contributed by atoms with E-state index in [1.54, 1.807) is 6.08 Å². The lowest BCUT2D eigenvalue weighted by Gasteiger charge is -2.04. The quantitative estimate of drug-likeness (QED) is 0.730. The van der Waals surface area contributed by atoms with Gasteiger partial charge in [-0.15, -0.1) is 0 Å². The van der Waals surface area contributed by atoms with E-state index < -0.39 is 0 Å². The van der Waals surface area contributed by atoms with Crippen molar-refractivity contribution >= 4 is 37.8 Å². The molecule has 0 saturated carbocycles. The Morgan fingerprint density at radius 1 is 1.62 bits per heavy atom. The number of esters is 1. The predicted octanol–water partition coefficient (Wildman–Crippen LogP) is 3.47. The second-order valence-electron chi connectivity index (χ2n) is 2.92. The summed E-state index contributed by atoms with van der Waals surface area (Å²) in [4.78, 5) is 11.3. The second-order valence-corrected chi connectivity index (χ2v) is 5.57. The molecule has 0 bridgehead atoms. The molecule has 0 N–H and O–H groups in total. The van der Waals surface area contributed by atoms with Gasteiger partial charge in [-0.05, 0) is 50.3 Å². The van der Waals surface area contributed by atoms with Gasteiger partial charge in [0.1, 0.15) is 3.39 Å². The van der Waals surface area contributed by atoms with Crippen molar-refractivity contribution in [3.05, 3.63) is 20.8 Å². The number of carbonyl (C=O) groups excluding carboxylic acids is 1. The first-order chi connectivity index (χ1) is 6.06. The molecule has 0 spiro atoms. The average molecular weight is 310 g/mol. The highest BCUT2D eigenvalue weighted by Gasteiger charge is 2.25. The monoisotopic (exact) mass is 308 g/mol. The van der Waals surface area contributed by atoms with E-state index in [1.165, 1.54) is 0 Å². The summed E-state index contributed by atoms with van der Waals surface area (Å²) >= 11 is 6.40. The maximum Gasteiger partial charge on any atom is 0.339 e. The Bertz CT molecular complexity index is 288. The largest absolute Gasteiger partial charge is 0.421 e. The molecule has 0 aromatic heterocycles. The fourth-order valence-electron chi connectivity index (χ4n) is 1.04. The number of rotatable bonds is 2. The van der Waals surface area contributed by atoms with Gasteiger partial charge in [-0.3, -0.25) is 0 Å². The van der Waals surface area contributed by atoms with Gasteiger partial charge in [-0.2, -0.15) is 0 Å². The van der Waals surface area contributed by atoms with Gasteiger partial charge >= 0.3 is 5.97 Å². The van der Waals surface area contributed by atoms with E-state index in [1.807, 2.05) is 13.8 Å². The zero-order valence-electron chi connectivity index (χ0n) is 7.43. The molecular formula is C9H10Br2O2. The summed E-state index contributed by atoms with van der Waals surface area (Å²) in [5, 5.41) is 0. The standard InChI is InChI=1S/C9H10Br2O2/c1-3-5(2)6-4-7(8(10)11)13-9(6)12/h4-5H,3H2,1-2H3. The van der Waals surface area contributed by atoms with E-state index >= 15 is 0 Å². The minimum absolute atomic E-state index is 0.235. The number of cyclic esters (lactones) is 1. The highest BCUT2D eigenvalue weighted by molar-refractivity contribution is 9.28. The lowest BCUT2D eigenvalue weighted by Crippen LogP contribution is -2.06. The van der Waals surface area contributed by atoms with Crippen LogP contribution in [0.25, 0.3) is 0 Å². The molecule has 0 radical (unpaired) electrons. The van der Waals surface area contributed by atoms with Crippen molar-refractivity contribution < 1.29 is 9.53 Å². The molecule has 1 atom stereocenters. The van der Waals surface area contributed by atoms with E-state index in [9.17, 15) is 4.79 Å². The van der Waals surface area contributed by atoms with Crippen molar-refractivity contribution in [2.24, 2.45) is 5.92 Å². The molecule has 1 heterocycles. The third-order valence-electron chi connectivity index (χ3n) is 2.05. The smallest absolute Gasteiger partial charge is 0.339 e. The normalized spacial score (nSPS) is 18.3. The van der Waals surface area contributed by atoms with Crippen molar-refractivity contribution in [3.8, 4) is 0 Å². The van der Waals surface area contributed by atoms with Gasteiger partial charge in [0.25, 0.3) is 0 Å². The Hall–Kier alpha value is -0.0900. The van der Waals surface area contributed by atoms with Crippen LogP contribution in [0.3, 0.4) is 0 Å². The molecule has 1 aliphatic rings. The highest BCUT2D eigenvalue weighted by Crippen LogP contribution is 2.31. The second kappa shape index (κ2) is 4.42. The molecule has 13 heavy (non-hydrogen) atoms.